The molecule has 1 aromatic carbocycles. The molecule has 2 aromatic rings. The van der Waals surface area contributed by atoms with Gasteiger partial charge in [0, 0.05) is 22.7 Å². The number of alkyl halides is 2. The number of halogens is 2. The Bertz CT molecular complexity index is 680. The number of hydrogen-bond acceptors (Lipinski definition) is 6. The summed E-state index contributed by atoms with van der Waals surface area (Å²) in [5, 5.41) is 3.91. The summed E-state index contributed by atoms with van der Waals surface area (Å²) in [6, 6.07) is 6.13. The van der Waals surface area contributed by atoms with Gasteiger partial charge in [0.15, 0.2) is 0 Å². The molecule has 0 aliphatic heterocycles. The lowest BCUT2D eigenvalue weighted by Gasteiger charge is -2.13. The number of benzene rings is 1. The summed E-state index contributed by atoms with van der Waals surface area (Å²) >= 11 is 4.33. The Morgan fingerprint density at radius 1 is 1.43 bits per heavy atom. The quantitative estimate of drug-likeness (QED) is 0.464. The van der Waals surface area contributed by atoms with Crippen LogP contribution < -0.4 is 4.74 Å². The van der Waals surface area contributed by atoms with Gasteiger partial charge in [0.05, 0.1) is 12.2 Å². The molecule has 0 aliphatic rings. The van der Waals surface area contributed by atoms with Crippen LogP contribution in [-0.2, 0) is 11.3 Å². The number of esters is 1. The highest BCUT2D eigenvalue weighted by Gasteiger charge is 2.19. The second-order valence-electron chi connectivity index (χ2n) is 4.24. The molecule has 0 radical (unpaired) electrons. The minimum absolute atomic E-state index is 0.0885. The maximum absolute atomic E-state index is 12.7. The maximum Gasteiger partial charge on any atom is 0.338 e. The van der Waals surface area contributed by atoms with Gasteiger partial charge in [-0.2, -0.15) is 8.78 Å². The van der Waals surface area contributed by atoms with Gasteiger partial charge in [0.25, 0.3) is 5.76 Å². The lowest BCUT2D eigenvalue weighted by atomic mass is 10.1. The molecule has 0 amide bonds. The summed E-state index contributed by atoms with van der Waals surface area (Å²) in [5.74, 6) is -2.92. The molecule has 9 heteroatoms. The van der Waals surface area contributed by atoms with Crippen LogP contribution >= 0.6 is 24.6 Å². The lowest BCUT2D eigenvalue weighted by Crippen LogP contribution is -2.11. The van der Waals surface area contributed by atoms with Crippen LogP contribution in [0.2, 0.25) is 0 Å². The predicted octanol–water partition coefficient (Wildman–Crippen LogP) is 3.65. The van der Waals surface area contributed by atoms with Crippen LogP contribution in [0, 0.1) is 0 Å². The largest absolute Gasteiger partial charge is 0.472 e. The Hall–Kier alpha value is -1.74. The van der Waals surface area contributed by atoms with E-state index in [0.29, 0.717) is 17.3 Å². The lowest BCUT2D eigenvalue weighted by molar-refractivity contribution is 0.0522. The van der Waals surface area contributed by atoms with Crippen molar-refractivity contribution in [2.75, 3.05) is 6.61 Å². The fraction of sp³-hybridized carbons (Fsp3) is 0.286. The summed E-state index contributed by atoms with van der Waals surface area (Å²) in [4.78, 5) is 12.3. The van der Waals surface area contributed by atoms with Crippen LogP contribution in [0.25, 0.3) is 0 Å². The molecule has 0 atom stereocenters. The van der Waals surface area contributed by atoms with E-state index in [-0.39, 0.29) is 29.6 Å². The van der Waals surface area contributed by atoms with Gasteiger partial charge in [-0.05, 0) is 31.9 Å². The molecular weight excluding hydrogens is 346 g/mol. The van der Waals surface area contributed by atoms with E-state index in [1.807, 2.05) is 0 Å². The third-order valence-corrected chi connectivity index (χ3v) is 3.80. The minimum atomic E-state index is -2.61. The van der Waals surface area contributed by atoms with Crippen molar-refractivity contribution < 1.29 is 23.0 Å². The molecule has 124 valence electrons. The zero-order chi connectivity index (χ0) is 16.8. The average Bonchev–Trinajstić information content (AvgIpc) is 2.91. The van der Waals surface area contributed by atoms with Crippen LogP contribution in [0.5, 0.6) is 5.88 Å². The van der Waals surface area contributed by atoms with Crippen molar-refractivity contribution in [3.63, 3.8) is 0 Å². The summed E-state index contributed by atoms with van der Waals surface area (Å²) in [6.45, 7) is 1.77. The molecule has 1 heterocycles. The van der Waals surface area contributed by atoms with Gasteiger partial charge in [-0.25, -0.2) is 8.88 Å². The first-order chi connectivity index (χ1) is 11.0. The van der Waals surface area contributed by atoms with E-state index in [1.54, 1.807) is 19.2 Å². The molecular formula is C14H14F2N2O3S2. The number of nitrogens with zero attached hydrogens (tertiary/aromatic N) is 2. The highest BCUT2D eigenvalue weighted by atomic mass is 32.2. The summed E-state index contributed by atoms with van der Waals surface area (Å²) < 4.78 is 37.1. The first kappa shape index (κ1) is 17.6. The number of aromatic nitrogens is 2. The summed E-state index contributed by atoms with van der Waals surface area (Å²) in [6.07, 6.45) is 1.56. The monoisotopic (exact) mass is 360 g/mol. The molecule has 0 spiro atoms. The number of rotatable bonds is 7. The fourth-order valence-electron chi connectivity index (χ4n) is 1.84. The Morgan fingerprint density at radius 3 is 2.83 bits per heavy atom. The van der Waals surface area contributed by atoms with Crippen LogP contribution in [-0.4, -0.2) is 27.5 Å². The number of ether oxygens (including phenoxy) is 2. The van der Waals surface area contributed by atoms with Crippen molar-refractivity contribution in [1.82, 2.24) is 9.19 Å². The van der Waals surface area contributed by atoms with Gasteiger partial charge in [-0.15, -0.1) is 5.10 Å². The average molecular weight is 360 g/mol. The summed E-state index contributed by atoms with van der Waals surface area (Å²) in [7, 11) is 0. The normalized spacial score (nSPS) is 10.8. The van der Waals surface area contributed by atoms with Crippen molar-refractivity contribution in [3.8, 4) is 5.88 Å². The number of hydrogen-bond donors (Lipinski definition) is 1. The Morgan fingerprint density at radius 2 is 2.22 bits per heavy atom. The van der Waals surface area contributed by atoms with E-state index in [4.69, 9.17) is 9.47 Å². The first-order valence-electron chi connectivity index (χ1n) is 6.62. The van der Waals surface area contributed by atoms with Crippen LogP contribution in [0.4, 0.5) is 8.78 Å². The van der Waals surface area contributed by atoms with Gasteiger partial charge in [-0.3, -0.25) is 0 Å². The predicted molar refractivity (Wildman–Crippen MR) is 85.2 cm³/mol. The fourth-order valence-corrected chi connectivity index (χ4v) is 2.66. The van der Waals surface area contributed by atoms with Gasteiger partial charge in [0.1, 0.15) is 6.61 Å². The molecule has 0 saturated heterocycles. The topological polar surface area (TPSA) is 53.4 Å². The van der Waals surface area contributed by atoms with Gasteiger partial charge in [-0.1, -0.05) is 17.8 Å². The smallest absolute Gasteiger partial charge is 0.338 e. The third kappa shape index (κ3) is 4.87. The molecule has 5 nitrogen and oxygen atoms in total. The van der Waals surface area contributed by atoms with Gasteiger partial charge < -0.3 is 9.47 Å². The second-order valence-corrected chi connectivity index (χ2v) is 5.69. The number of carbonyl (C=O) groups is 1. The van der Waals surface area contributed by atoms with E-state index in [1.165, 1.54) is 22.3 Å². The van der Waals surface area contributed by atoms with E-state index >= 15 is 0 Å². The molecule has 1 aromatic heterocycles. The van der Waals surface area contributed by atoms with Gasteiger partial charge >= 0.3 is 5.97 Å². The van der Waals surface area contributed by atoms with Crippen molar-refractivity contribution in [2.24, 2.45) is 0 Å². The Kier molecular flexibility index (Phi) is 6.28. The zero-order valence-corrected chi connectivity index (χ0v) is 13.8. The van der Waals surface area contributed by atoms with Crippen molar-refractivity contribution in [1.29, 1.82) is 0 Å². The summed E-state index contributed by atoms with van der Waals surface area (Å²) in [5.41, 5.74) is 0.535. The molecule has 0 saturated carbocycles. The van der Waals surface area contributed by atoms with Crippen LogP contribution in [0.15, 0.2) is 35.4 Å². The van der Waals surface area contributed by atoms with E-state index in [2.05, 4.69) is 17.9 Å². The third-order valence-electron chi connectivity index (χ3n) is 2.76. The molecule has 0 unspecified atom stereocenters. The number of thiol groups is 1. The first-order valence-corrected chi connectivity index (χ1v) is 7.90. The van der Waals surface area contributed by atoms with Crippen molar-refractivity contribution in [2.45, 2.75) is 24.2 Å². The molecule has 0 bridgehead atoms. The highest BCUT2D eigenvalue weighted by molar-refractivity contribution is 7.99. The number of thioether (sulfide) groups is 1. The Balaban J connectivity index is 2.29. The van der Waals surface area contributed by atoms with Crippen molar-refractivity contribution >= 4 is 30.5 Å². The van der Waals surface area contributed by atoms with Gasteiger partial charge in [0.2, 0.25) is 5.88 Å². The van der Waals surface area contributed by atoms with E-state index < -0.39 is 11.7 Å². The van der Waals surface area contributed by atoms with E-state index in [9.17, 15) is 13.6 Å². The standard InChI is InChI=1S/C14H14F2N2O3S2/c1-2-20-13(19)9-4-3-5-11(23-14(15)16)10(9)8-21-12-6-7-18(22)17-12/h3-7,14,22H,2,8H2,1H3. The number of carbonyl (C=O) groups excluding carboxylic acids is 1. The SMILES string of the molecule is CCOC(=O)c1cccc(SC(F)F)c1COc1ccn(S)n1. The molecule has 0 aliphatic carbocycles. The molecule has 0 N–H and O–H groups in total. The van der Waals surface area contributed by atoms with E-state index in [0.717, 1.165) is 0 Å². The highest BCUT2D eigenvalue weighted by Crippen LogP contribution is 2.31. The second kappa shape index (κ2) is 8.21. The Labute approximate surface area is 141 Å². The van der Waals surface area contributed by atoms with Crippen LogP contribution in [0.3, 0.4) is 0 Å². The van der Waals surface area contributed by atoms with Crippen LogP contribution in [0.1, 0.15) is 22.8 Å². The van der Waals surface area contributed by atoms with Crippen molar-refractivity contribution in [3.05, 3.63) is 41.6 Å². The molecule has 0 fully saturated rings. The zero-order valence-electron chi connectivity index (χ0n) is 12.1. The molecule has 23 heavy (non-hydrogen) atoms. The molecule has 2 rings (SSSR count). The maximum atomic E-state index is 12.7. The minimum Gasteiger partial charge on any atom is -0.472 e.